The van der Waals surface area contributed by atoms with Crippen LogP contribution < -0.4 is 4.90 Å². The lowest BCUT2D eigenvalue weighted by Crippen LogP contribution is -2.38. The Kier molecular flexibility index (Phi) is 10.9. The van der Waals surface area contributed by atoms with E-state index in [1.165, 1.54) is 113 Å². The summed E-state index contributed by atoms with van der Waals surface area (Å²) in [5, 5.41) is 2.52. The van der Waals surface area contributed by atoms with E-state index in [-0.39, 0.29) is 5.41 Å². The average Bonchev–Trinajstić information content (AvgIpc) is 3.72. The van der Waals surface area contributed by atoms with Crippen LogP contribution in [0.4, 0.5) is 17.1 Å². The molecule has 2 fully saturated rings. The largest absolute Gasteiger partial charge is 0.310 e. The Morgan fingerprint density at radius 1 is 0.394 bits per heavy atom. The van der Waals surface area contributed by atoms with Crippen LogP contribution in [0.3, 0.4) is 0 Å². The molecule has 10 aromatic rings. The number of hydrogen-bond acceptors (Lipinski definition) is 1. The number of hydrogen-bond donors (Lipinski definition) is 0. The third kappa shape index (κ3) is 7.54. The minimum Gasteiger partial charge on any atom is -0.310 e. The van der Waals surface area contributed by atoms with Crippen LogP contribution in [0.5, 0.6) is 0 Å². The maximum Gasteiger partial charge on any atom is 0.0472 e. The van der Waals surface area contributed by atoms with Crippen LogP contribution in [0.1, 0.15) is 51.5 Å². The Morgan fingerprint density at radius 2 is 0.859 bits per heavy atom. The predicted molar refractivity (Wildman–Crippen MR) is 300 cm³/mol. The van der Waals surface area contributed by atoms with Crippen LogP contribution in [0.25, 0.3) is 55.3 Å². The van der Waals surface area contributed by atoms with Gasteiger partial charge in [-0.2, -0.15) is 0 Å². The highest BCUT2D eigenvalue weighted by Crippen LogP contribution is 2.80. The molecule has 0 amide bonds. The van der Waals surface area contributed by atoms with Gasteiger partial charge in [-0.1, -0.05) is 190 Å². The van der Waals surface area contributed by atoms with Gasteiger partial charge in [0.25, 0.3) is 0 Å². The minimum atomic E-state index is -1.84. The van der Waals surface area contributed by atoms with Crippen molar-refractivity contribution in [3.8, 4) is 44.5 Å². The Labute approximate surface area is 421 Å². The van der Waals surface area contributed by atoms with E-state index in [9.17, 15) is 0 Å². The van der Waals surface area contributed by atoms with Crippen molar-refractivity contribution in [2.45, 2.75) is 70.9 Å². The molecule has 2 atom stereocenters. The second kappa shape index (κ2) is 17.8. The summed E-state index contributed by atoms with van der Waals surface area (Å²) in [4.78, 5) is 7.93. The number of fused-ring (bicyclic) bond motifs is 6. The van der Waals surface area contributed by atoms with Crippen molar-refractivity contribution < 1.29 is 0 Å². The number of rotatable bonds is 9. The summed E-state index contributed by atoms with van der Waals surface area (Å²) >= 11 is 0. The molecule has 71 heavy (non-hydrogen) atoms. The zero-order valence-corrected chi connectivity index (χ0v) is 41.5. The Bertz CT molecular complexity index is 3470. The zero-order chi connectivity index (χ0) is 47.5. The van der Waals surface area contributed by atoms with Gasteiger partial charge in [0.05, 0.1) is 0 Å². The molecule has 13 rings (SSSR count). The van der Waals surface area contributed by atoms with E-state index in [1.807, 2.05) is 0 Å². The summed E-state index contributed by atoms with van der Waals surface area (Å²) in [6.07, 6.45) is 6.89. The first-order chi connectivity index (χ1) is 34.9. The van der Waals surface area contributed by atoms with Gasteiger partial charge >= 0.3 is 0 Å². The molecule has 3 aliphatic rings. The lowest BCUT2D eigenvalue weighted by atomic mass is 9.57. The first kappa shape index (κ1) is 43.6. The van der Waals surface area contributed by atoms with Crippen LogP contribution in [0.15, 0.2) is 262 Å². The molecule has 2 unspecified atom stereocenters. The summed E-state index contributed by atoms with van der Waals surface area (Å²) < 4.78 is 0. The maximum absolute atomic E-state index is 2.54. The van der Waals surface area contributed by atoms with E-state index < -0.39 is 10.0 Å². The fourth-order valence-corrected chi connectivity index (χ4v) is 17.7. The van der Waals surface area contributed by atoms with Crippen LogP contribution in [0.2, 0.25) is 0 Å². The Morgan fingerprint density at radius 3 is 1.45 bits per heavy atom. The first-order valence-corrected chi connectivity index (χ1v) is 27.4. The minimum absolute atomic E-state index is 0.266. The second-order valence-electron chi connectivity index (χ2n) is 21.0. The van der Waals surface area contributed by atoms with Gasteiger partial charge in [0.1, 0.15) is 0 Å². The topological polar surface area (TPSA) is 3.24 Å². The molecule has 1 aliphatic heterocycles. The highest BCUT2D eigenvalue weighted by atomic mass is 32.3. The quantitative estimate of drug-likeness (QED) is 0.139. The van der Waals surface area contributed by atoms with Gasteiger partial charge in [0.15, 0.2) is 0 Å². The average molecular weight is 934 g/mol. The van der Waals surface area contributed by atoms with Crippen molar-refractivity contribution in [2.24, 2.45) is 17.8 Å². The van der Waals surface area contributed by atoms with E-state index in [1.54, 1.807) is 0 Å². The molecule has 0 N–H and O–H groups in total. The van der Waals surface area contributed by atoms with Gasteiger partial charge in [-0.15, -0.1) is 10.0 Å². The molecule has 0 aromatic heterocycles. The van der Waals surface area contributed by atoms with Crippen molar-refractivity contribution in [1.29, 1.82) is 0 Å². The molecule has 2 aliphatic carbocycles. The third-order valence-electron chi connectivity index (χ3n) is 16.3. The summed E-state index contributed by atoms with van der Waals surface area (Å²) in [7, 11) is -1.84. The molecule has 2 saturated carbocycles. The number of benzene rings is 10. The Hall–Kier alpha value is -7.39. The van der Waals surface area contributed by atoms with E-state index in [4.69, 9.17) is 0 Å². The number of nitrogens with zero attached hydrogens (tertiary/aromatic N) is 1. The molecule has 1 heterocycles. The summed E-state index contributed by atoms with van der Waals surface area (Å²) in [6.45, 7) is 5.01. The number of anilines is 3. The predicted octanol–water partition coefficient (Wildman–Crippen LogP) is 19.7. The van der Waals surface area contributed by atoms with Crippen LogP contribution in [0, 0.1) is 17.8 Å². The highest BCUT2D eigenvalue weighted by molar-refractivity contribution is 8.34. The molecular weight excluding hydrogens is 875 g/mol. The van der Waals surface area contributed by atoms with Gasteiger partial charge < -0.3 is 4.90 Å². The smallest absolute Gasteiger partial charge is 0.0472 e. The van der Waals surface area contributed by atoms with Gasteiger partial charge in [-0.3, -0.25) is 0 Å². The normalized spacial score (nSPS) is 20.2. The summed E-state index contributed by atoms with van der Waals surface area (Å²) in [6, 6.07) is 91.3. The lowest BCUT2D eigenvalue weighted by Gasteiger charge is -2.47. The van der Waals surface area contributed by atoms with Crippen molar-refractivity contribution in [2.75, 3.05) is 4.90 Å². The van der Waals surface area contributed by atoms with E-state index in [0.29, 0.717) is 0 Å². The monoisotopic (exact) mass is 933 g/mol. The van der Waals surface area contributed by atoms with Gasteiger partial charge in [-0.05, 0) is 183 Å². The van der Waals surface area contributed by atoms with Crippen molar-refractivity contribution in [3.63, 3.8) is 0 Å². The van der Waals surface area contributed by atoms with E-state index in [2.05, 4.69) is 261 Å². The van der Waals surface area contributed by atoms with Gasteiger partial charge in [0.2, 0.25) is 0 Å². The molecule has 0 spiro atoms. The second-order valence-corrected chi connectivity index (χ2v) is 24.1. The van der Waals surface area contributed by atoms with Crippen molar-refractivity contribution in [1.82, 2.24) is 0 Å². The summed E-state index contributed by atoms with van der Waals surface area (Å²) in [5.74, 6) is 2.62. The lowest BCUT2D eigenvalue weighted by molar-refractivity contribution is 0.0899. The molecular formula is C69H59NS. The van der Waals surface area contributed by atoms with Gasteiger partial charge in [0, 0.05) is 36.6 Å². The molecule has 2 bridgehead atoms. The SMILES string of the molecule is CC1CC2CC(C1)CC(C)(c1ccc(-c3ccc(N(c4ccc(-c5cccc6cccc(-c7ccccc7)c56)cc4)c4cccc(S5(c6ccccc6)c6ccccc6-c6ccccc65)c4)cc3)cc1)C2. The van der Waals surface area contributed by atoms with Crippen LogP contribution >= 0.6 is 10.0 Å². The van der Waals surface area contributed by atoms with Crippen LogP contribution in [-0.2, 0) is 5.41 Å². The molecule has 2 heteroatoms. The fraction of sp³-hybridized carbons (Fsp3) is 0.159. The molecule has 0 saturated heterocycles. The first-order valence-electron chi connectivity index (χ1n) is 25.8. The molecule has 346 valence electrons. The standard InChI is InChI=1S/C69H59NS/c1-48-42-49-44-50(43-48)47-69(2,46-49)56-36-30-51(31-37-56)52-32-38-57(39-33-52)70(58-40-34-54(35-41-58)63-27-14-19-55-18-13-26-62(68(55)63)53-16-5-3-6-17-53)59-20-15-23-61(45-59)71(60-21-7-4-8-22-60)66-28-11-9-24-64(66)65-25-10-12-29-67(65)71/h3-41,45,48-50H,42-44,46-47H2,1-2H3. The zero-order valence-electron chi connectivity index (χ0n) is 40.7. The maximum atomic E-state index is 2.54. The molecule has 0 radical (unpaired) electrons. The van der Waals surface area contributed by atoms with Crippen molar-refractivity contribution >= 4 is 37.9 Å². The van der Waals surface area contributed by atoms with Gasteiger partial charge in [-0.25, -0.2) is 0 Å². The van der Waals surface area contributed by atoms with Crippen molar-refractivity contribution in [3.05, 3.63) is 248 Å². The molecule has 10 aromatic carbocycles. The van der Waals surface area contributed by atoms with Crippen LogP contribution in [-0.4, -0.2) is 0 Å². The summed E-state index contributed by atoms with van der Waals surface area (Å²) in [5.41, 5.74) is 15.2. The Balaban J connectivity index is 0.921. The van der Waals surface area contributed by atoms with E-state index in [0.717, 1.165) is 34.8 Å². The third-order valence-corrected chi connectivity index (χ3v) is 20.3. The highest BCUT2D eigenvalue weighted by Gasteiger charge is 2.43. The van der Waals surface area contributed by atoms with E-state index >= 15 is 0 Å². The molecule has 1 nitrogen and oxygen atoms in total. The fourth-order valence-electron chi connectivity index (χ4n) is 13.5.